The summed E-state index contributed by atoms with van der Waals surface area (Å²) < 4.78 is 45.1. The number of furan rings is 1. The first kappa shape index (κ1) is 31.1. The molecule has 3 fully saturated rings. The molecule has 0 radical (unpaired) electrons. The lowest BCUT2D eigenvalue weighted by atomic mass is 10.1. The summed E-state index contributed by atoms with van der Waals surface area (Å²) in [6, 6.07) is 14.4. The zero-order valence-corrected chi connectivity index (χ0v) is 27.2. The molecule has 4 aromatic rings. The number of ether oxygens (including phenoxy) is 2. The van der Waals surface area contributed by atoms with Gasteiger partial charge in [-0.15, -0.1) is 6.58 Å². The summed E-state index contributed by atoms with van der Waals surface area (Å²) >= 11 is 0. The van der Waals surface area contributed by atoms with Gasteiger partial charge in [0.25, 0.3) is 11.8 Å². The average Bonchev–Trinajstić information content (AvgIpc) is 3.85. The molecular formula is C34H37N5O7S. The van der Waals surface area contributed by atoms with E-state index in [-0.39, 0.29) is 30.7 Å². The maximum Gasteiger partial charge on any atom is 0.262 e. The predicted molar refractivity (Wildman–Crippen MR) is 175 cm³/mol. The number of carbonyl (C=O) groups excluding carboxylic acids is 2. The maximum atomic E-state index is 13.5. The van der Waals surface area contributed by atoms with E-state index in [0.29, 0.717) is 41.9 Å². The second-order valence-corrected chi connectivity index (χ2v) is 15.3. The van der Waals surface area contributed by atoms with E-state index in [1.165, 1.54) is 0 Å². The van der Waals surface area contributed by atoms with Gasteiger partial charge in [0.2, 0.25) is 21.5 Å². The van der Waals surface area contributed by atoms with Crippen molar-refractivity contribution in [1.82, 2.24) is 25.3 Å². The molecule has 2 aliphatic carbocycles. The molecular weight excluding hydrogens is 622 g/mol. The lowest BCUT2D eigenvalue weighted by Crippen LogP contribution is -2.56. The molecule has 4 atom stereocenters. The van der Waals surface area contributed by atoms with Crippen LogP contribution < -0.4 is 24.8 Å². The van der Waals surface area contributed by atoms with Crippen LogP contribution in [0.4, 0.5) is 0 Å². The van der Waals surface area contributed by atoms with Crippen LogP contribution in [0.1, 0.15) is 46.5 Å². The first-order chi connectivity index (χ1) is 22.4. The van der Waals surface area contributed by atoms with Crippen LogP contribution in [0, 0.1) is 5.92 Å². The molecule has 0 bridgehead atoms. The Balaban J connectivity index is 1.10. The van der Waals surface area contributed by atoms with Crippen LogP contribution in [0.25, 0.3) is 33.5 Å². The monoisotopic (exact) mass is 659 g/mol. The van der Waals surface area contributed by atoms with Gasteiger partial charge in [-0.2, -0.15) is 4.98 Å². The van der Waals surface area contributed by atoms with Gasteiger partial charge in [0.05, 0.1) is 16.9 Å². The van der Waals surface area contributed by atoms with E-state index in [9.17, 15) is 18.0 Å². The molecule has 12 nitrogen and oxygen atoms in total. The number of para-hydroxylation sites is 1. The third-order valence-electron chi connectivity index (χ3n) is 9.24. The second-order valence-electron chi connectivity index (χ2n) is 13.1. The molecule has 2 aromatic heterocycles. The standard InChI is InChI=1S/C34H37N5O7S/c1-5-21-17-34(21,32(41)39-47(42,43)33(4)14-15-33)38-30(40)25-16-23(18-35-25)45-31-28-27(24-8-6-7-9-26(24)46-28)36-29(37-31)20-10-12-22(13-11-20)44-19(2)3/h5-13,19,21,23,25,35H,1,14-18H2,2-4H3,(H,38,40)(H,39,41)/t21?,23-,25+,34-/m1/s1. The summed E-state index contributed by atoms with van der Waals surface area (Å²) in [5.41, 5.74) is 1.05. The topological polar surface area (TPSA) is 162 Å². The third kappa shape index (κ3) is 5.71. The molecule has 246 valence electrons. The number of hydrogen-bond donors (Lipinski definition) is 3. The fourth-order valence-corrected chi connectivity index (χ4v) is 7.31. The molecule has 13 heteroatoms. The summed E-state index contributed by atoms with van der Waals surface area (Å²) in [4.78, 5) is 36.3. The average molecular weight is 660 g/mol. The fourth-order valence-electron chi connectivity index (χ4n) is 6.00. The van der Waals surface area contributed by atoms with E-state index in [1.807, 2.05) is 62.4 Å². The molecule has 2 amide bonds. The number of benzene rings is 2. The van der Waals surface area contributed by atoms with Gasteiger partial charge < -0.3 is 24.5 Å². The highest BCUT2D eigenvalue weighted by atomic mass is 32.2. The molecule has 3 aliphatic rings. The number of sulfonamides is 1. The summed E-state index contributed by atoms with van der Waals surface area (Å²) in [6.07, 6.45) is 2.67. The predicted octanol–water partition coefficient (Wildman–Crippen LogP) is 4.00. The number of nitrogens with zero attached hydrogens (tertiary/aromatic N) is 2. The Bertz CT molecular complexity index is 2000. The molecule has 0 spiro atoms. The van der Waals surface area contributed by atoms with Crippen molar-refractivity contribution in [2.45, 2.75) is 75.0 Å². The lowest BCUT2D eigenvalue weighted by Gasteiger charge is -2.22. The lowest BCUT2D eigenvalue weighted by molar-refractivity contribution is -0.130. The van der Waals surface area contributed by atoms with E-state index in [0.717, 1.165) is 16.7 Å². The van der Waals surface area contributed by atoms with Crippen LogP contribution >= 0.6 is 0 Å². The number of carbonyl (C=O) groups is 2. The Hall–Kier alpha value is -4.49. The van der Waals surface area contributed by atoms with Crippen LogP contribution in [0.2, 0.25) is 0 Å². The number of nitrogens with one attached hydrogen (secondary N) is 3. The van der Waals surface area contributed by atoms with Crippen molar-refractivity contribution in [2.75, 3.05) is 6.54 Å². The van der Waals surface area contributed by atoms with Crippen molar-refractivity contribution >= 4 is 43.9 Å². The van der Waals surface area contributed by atoms with E-state index < -0.39 is 44.3 Å². The Labute approximate surface area is 272 Å². The van der Waals surface area contributed by atoms with Gasteiger partial charge >= 0.3 is 0 Å². The van der Waals surface area contributed by atoms with Gasteiger partial charge in [-0.05, 0) is 76.4 Å². The second kappa shape index (κ2) is 11.3. The summed E-state index contributed by atoms with van der Waals surface area (Å²) in [5, 5.41) is 6.82. The summed E-state index contributed by atoms with van der Waals surface area (Å²) in [5.74, 6) is -0.109. The van der Waals surface area contributed by atoms with E-state index in [1.54, 1.807) is 13.0 Å². The molecule has 2 aromatic carbocycles. The highest BCUT2D eigenvalue weighted by Crippen LogP contribution is 2.47. The van der Waals surface area contributed by atoms with Crippen LogP contribution in [0.5, 0.6) is 11.6 Å². The first-order valence-corrected chi connectivity index (χ1v) is 17.3. The molecule has 1 aliphatic heterocycles. The molecule has 3 N–H and O–H groups in total. The zero-order valence-electron chi connectivity index (χ0n) is 26.4. The van der Waals surface area contributed by atoms with Crippen LogP contribution in [-0.4, -0.2) is 65.3 Å². The Morgan fingerprint density at radius 2 is 1.87 bits per heavy atom. The van der Waals surface area contributed by atoms with Gasteiger partial charge in [-0.25, -0.2) is 13.4 Å². The Morgan fingerprint density at radius 1 is 1.13 bits per heavy atom. The summed E-state index contributed by atoms with van der Waals surface area (Å²) in [7, 11) is -3.87. The number of rotatable bonds is 11. The summed E-state index contributed by atoms with van der Waals surface area (Å²) in [6.45, 7) is 9.63. The SMILES string of the molecule is C=CC1C[C@]1(NC(=O)[C@@H]1C[C@@H](Oc2nc(-c3ccc(OC(C)C)cc3)nc3c2oc2ccccc23)CN1)C(=O)NS(=O)(=O)C1(C)CC1. The van der Waals surface area contributed by atoms with Crippen LogP contribution in [-0.2, 0) is 19.6 Å². The van der Waals surface area contributed by atoms with E-state index in [2.05, 4.69) is 21.9 Å². The van der Waals surface area contributed by atoms with Crippen molar-refractivity contribution in [3.63, 3.8) is 0 Å². The zero-order chi connectivity index (χ0) is 33.1. The van der Waals surface area contributed by atoms with Crippen molar-refractivity contribution in [2.24, 2.45) is 5.92 Å². The normalized spacial score (nSPS) is 24.6. The number of amides is 2. The molecule has 2 saturated carbocycles. The van der Waals surface area contributed by atoms with Crippen molar-refractivity contribution in [3.05, 3.63) is 61.2 Å². The smallest absolute Gasteiger partial charge is 0.262 e. The molecule has 47 heavy (non-hydrogen) atoms. The van der Waals surface area contributed by atoms with E-state index in [4.69, 9.17) is 23.9 Å². The minimum Gasteiger partial charge on any atom is -0.491 e. The Kier molecular flexibility index (Phi) is 7.51. The van der Waals surface area contributed by atoms with Crippen molar-refractivity contribution in [1.29, 1.82) is 0 Å². The molecule has 1 saturated heterocycles. The number of hydrogen-bond acceptors (Lipinski definition) is 10. The Morgan fingerprint density at radius 3 is 2.55 bits per heavy atom. The van der Waals surface area contributed by atoms with Crippen molar-refractivity contribution < 1.29 is 31.9 Å². The van der Waals surface area contributed by atoms with Gasteiger partial charge in [0.15, 0.2) is 5.82 Å². The quantitative estimate of drug-likeness (QED) is 0.201. The van der Waals surface area contributed by atoms with Crippen LogP contribution in [0.3, 0.4) is 0 Å². The van der Waals surface area contributed by atoms with Crippen molar-refractivity contribution in [3.8, 4) is 23.0 Å². The third-order valence-corrected chi connectivity index (χ3v) is 11.4. The maximum absolute atomic E-state index is 13.5. The minimum atomic E-state index is -3.87. The first-order valence-electron chi connectivity index (χ1n) is 15.8. The van der Waals surface area contributed by atoms with Gasteiger partial charge in [0.1, 0.15) is 28.5 Å². The highest BCUT2D eigenvalue weighted by molar-refractivity contribution is 7.91. The molecule has 1 unspecified atom stereocenters. The van der Waals surface area contributed by atoms with Gasteiger partial charge in [-0.3, -0.25) is 14.3 Å². The van der Waals surface area contributed by atoms with E-state index >= 15 is 0 Å². The van der Waals surface area contributed by atoms with Gasteiger partial charge in [-0.1, -0.05) is 18.2 Å². The van der Waals surface area contributed by atoms with Crippen LogP contribution in [0.15, 0.2) is 65.6 Å². The molecule has 3 heterocycles. The largest absolute Gasteiger partial charge is 0.491 e. The van der Waals surface area contributed by atoms with Gasteiger partial charge in [0, 0.05) is 29.8 Å². The number of fused-ring (bicyclic) bond motifs is 3. The fraction of sp³-hybridized carbons (Fsp3) is 0.412. The minimum absolute atomic E-state index is 0.0408. The molecule has 7 rings (SSSR count). The number of aromatic nitrogens is 2. The highest BCUT2D eigenvalue weighted by Gasteiger charge is 2.62.